The number of aromatic nitrogens is 1. The highest BCUT2D eigenvalue weighted by Crippen LogP contribution is 2.43. The van der Waals surface area contributed by atoms with Crippen LogP contribution in [0.2, 0.25) is 0 Å². The number of rotatable bonds is 7. The van der Waals surface area contributed by atoms with E-state index in [0.717, 1.165) is 0 Å². The van der Waals surface area contributed by atoms with E-state index in [-0.39, 0.29) is 29.5 Å². The van der Waals surface area contributed by atoms with E-state index in [1.807, 2.05) is 0 Å². The maximum Gasteiger partial charge on any atom is 0.343 e. The normalized spacial score (nSPS) is 14.1. The van der Waals surface area contributed by atoms with Crippen molar-refractivity contribution in [1.29, 1.82) is 0 Å². The van der Waals surface area contributed by atoms with E-state index in [4.69, 9.17) is 14.2 Å². The highest BCUT2D eigenvalue weighted by Gasteiger charge is 2.36. The Balaban J connectivity index is 1.44. The van der Waals surface area contributed by atoms with Crippen molar-refractivity contribution in [3.05, 3.63) is 77.6 Å². The summed E-state index contributed by atoms with van der Waals surface area (Å²) < 4.78 is 15.9. The molecule has 0 saturated heterocycles. The molecule has 1 atom stereocenters. The zero-order valence-corrected chi connectivity index (χ0v) is 18.0. The van der Waals surface area contributed by atoms with Crippen LogP contribution in [0.25, 0.3) is 0 Å². The van der Waals surface area contributed by atoms with Crippen molar-refractivity contribution in [2.45, 2.75) is 12.5 Å². The summed E-state index contributed by atoms with van der Waals surface area (Å²) in [6.45, 7) is 0. The molecule has 2 amide bonds. The van der Waals surface area contributed by atoms with Gasteiger partial charge in [0.2, 0.25) is 5.91 Å². The number of hydrogen-bond donors (Lipinski definition) is 2. The second kappa shape index (κ2) is 9.39. The number of nitrogens with zero attached hydrogens (tertiary/aromatic N) is 1. The largest absolute Gasteiger partial charge is 0.493 e. The number of carbonyl (C=O) groups excluding carboxylic acids is 3. The number of methoxy groups -OCH3 is 2. The van der Waals surface area contributed by atoms with Crippen molar-refractivity contribution in [2.24, 2.45) is 0 Å². The molecule has 0 bridgehead atoms. The van der Waals surface area contributed by atoms with Gasteiger partial charge in [0.25, 0.3) is 5.91 Å². The Morgan fingerprint density at radius 3 is 2.52 bits per heavy atom. The van der Waals surface area contributed by atoms with Crippen LogP contribution in [0.15, 0.2) is 60.9 Å². The van der Waals surface area contributed by atoms with Crippen LogP contribution in [0.4, 0.5) is 11.4 Å². The van der Waals surface area contributed by atoms with Gasteiger partial charge in [0.1, 0.15) is 11.7 Å². The summed E-state index contributed by atoms with van der Waals surface area (Å²) in [5.41, 5.74) is 2.23. The predicted octanol–water partition coefficient (Wildman–Crippen LogP) is 3.59. The number of ether oxygens (including phenoxy) is 3. The van der Waals surface area contributed by atoms with E-state index in [0.29, 0.717) is 28.3 Å². The molecule has 9 heteroatoms. The second-order valence-electron chi connectivity index (χ2n) is 7.19. The van der Waals surface area contributed by atoms with Crippen molar-refractivity contribution < 1.29 is 28.6 Å². The number of esters is 1. The lowest BCUT2D eigenvalue weighted by Crippen LogP contribution is -2.16. The van der Waals surface area contributed by atoms with Crippen LogP contribution >= 0.6 is 0 Å². The van der Waals surface area contributed by atoms with Gasteiger partial charge < -0.3 is 24.8 Å². The lowest BCUT2D eigenvalue weighted by atomic mass is 10.0. The standard InChI is InChI=1S/C24H21N3O6/c1-31-18-9-8-17-19(33-24(30)21(17)22(18)32-2)12-20(28)26-15-6-3-7-16(11-15)27-23(29)14-5-4-10-25-13-14/h3-11,13,19H,12H2,1-2H3,(H,26,28)(H,27,29). The Hall–Kier alpha value is -4.40. The van der Waals surface area contributed by atoms with Crippen LogP contribution in [0, 0.1) is 0 Å². The van der Waals surface area contributed by atoms with Gasteiger partial charge in [-0.2, -0.15) is 0 Å². The summed E-state index contributed by atoms with van der Waals surface area (Å²) in [5.74, 6) is -0.557. The first-order valence-corrected chi connectivity index (χ1v) is 10.1. The Kier molecular flexibility index (Phi) is 6.21. The lowest BCUT2D eigenvalue weighted by Gasteiger charge is -2.13. The summed E-state index contributed by atoms with van der Waals surface area (Å²) in [4.78, 5) is 41.3. The molecule has 168 valence electrons. The zero-order chi connectivity index (χ0) is 23.4. The molecule has 0 fully saturated rings. The molecule has 0 aliphatic carbocycles. The van der Waals surface area contributed by atoms with Gasteiger partial charge in [-0.15, -0.1) is 0 Å². The summed E-state index contributed by atoms with van der Waals surface area (Å²) in [5, 5.41) is 5.53. The third kappa shape index (κ3) is 4.62. The van der Waals surface area contributed by atoms with Crippen molar-refractivity contribution in [2.75, 3.05) is 24.9 Å². The van der Waals surface area contributed by atoms with Gasteiger partial charge in [-0.05, 0) is 36.4 Å². The molecule has 0 saturated carbocycles. The SMILES string of the molecule is COc1ccc2c(c1OC)C(=O)OC2CC(=O)Nc1cccc(NC(=O)c2cccnc2)c1. The van der Waals surface area contributed by atoms with E-state index < -0.39 is 12.1 Å². The maximum absolute atomic E-state index is 12.7. The lowest BCUT2D eigenvalue weighted by molar-refractivity contribution is -0.118. The quantitative estimate of drug-likeness (QED) is 0.532. The molecule has 0 spiro atoms. The number of carbonyl (C=O) groups is 3. The molecule has 1 unspecified atom stereocenters. The Bertz CT molecular complexity index is 1210. The average Bonchev–Trinajstić information content (AvgIpc) is 3.14. The van der Waals surface area contributed by atoms with Gasteiger partial charge in [-0.3, -0.25) is 14.6 Å². The maximum atomic E-state index is 12.7. The van der Waals surface area contributed by atoms with Gasteiger partial charge in [-0.25, -0.2) is 4.79 Å². The van der Waals surface area contributed by atoms with E-state index >= 15 is 0 Å². The fourth-order valence-corrected chi connectivity index (χ4v) is 3.58. The van der Waals surface area contributed by atoms with E-state index in [9.17, 15) is 14.4 Å². The van der Waals surface area contributed by atoms with Gasteiger partial charge in [-0.1, -0.05) is 12.1 Å². The molecule has 2 heterocycles. The molecule has 2 N–H and O–H groups in total. The molecule has 1 aromatic heterocycles. The minimum atomic E-state index is -0.749. The van der Waals surface area contributed by atoms with E-state index in [1.165, 1.54) is 20.4 Å². The van der Waals surface area contributed by atoms with Crippen LogP contribution in [-0.4, -0.2) is 37.0 Å². The highest BCUT2D eigenvalue weighted by molar-refractivity contribution is 6.04. The van der Waals surface area contributed by atoms with Crippen LogP contribution in [-0.2, 0) is 9.53 Å². The van der Waals surface area contributed by atoms with Crippen LogP contribution < -0.4 is 20.1 Å². The highest BCUT2D eigenvalue weighted by atomic mass is 16.6. The first kappa shape index (κ1) is 21.8. The molecule has 1 aliphatic heterocycles. The smallest absolute Gasteiger partial charge is 0.343 e. The summed E-state index contributed by atoms with van der Waals surface area (Å²) >= 11 is 0. The summed E-state index contributed by atoms with van der Waals surface area (Å²) in [6, 6.07) is 13.4. The fraction of sp³-hybridized carbons (Fsp3) is 0.167. The monoisotopic (exact) mass is 447 g/mol. The van der Waals surface area contributed by atoms with Gasteiger partial charge in [0.15, 0.2) is 11.5 Å². The molecule has 1 aliphatic rings. The van der Waals surface area contributed by atoms with Gasteiger partial charge in [0.05, 0.1) is 26.2 Å². The molecule has 9 nitrogen and oxygen atoms in total. The number of benzene rings is 2. The van der Waals surface area contributed by atoms with Crippen LogP contribution in [0.3, 0.4) is 0 Å². The predicted molar refractivity (Wildman–Crippen MR) is 120 cm³/mol. The number of nitrogens with one attached hydrogen (secondary N) is 2. The Labute approximate surface area is 189 Å². The minimum Gasteiger partial charge on any atom is -0.493 e. The fourth-order valence-electron chi connectivity index (χ4n) is 3.58. The number of cyclic esters (lactones) is 1. The molecule has 33 heavy (non-hydrogen) atoms. The number of amides is 2. The molecular formula is C24H21N3O6. The van der Waals surface area contributed by atoms with Crippen molar-refractivity contribution >= 4 is 29.2 Å². The summed E-state index contributed by atoms with van der Waals surface area (Å²) in [6.07, 6.45) is 2.22. The Morgan fingerprint density at radius 2 is 1.82 bits per heavy atom. The minimum absolute atomic E-state index is 0.0828. The first-order chi connectivity index (χ1) is 16.0. The topological polar surface area (TPSA) is 116 Å². The van der Waals surface area contributed by atoms with Crippen LogP contribution in [0.1, 0.15) is 38.8 Å². The van der Waals surface area contributed by atoms with Gasteiger partial charge >= 0.3 is 5.97 Å². The Morgan fingerprint density at radius 1 is 1.03 bits per heavy atom. The number of fused-ring (bicyclic) bond motifs is 1. The van der Waals surface area contributed by atoms with Crippen LogP contribution in [0.5, 0.6) is 11.5 Å². The number of pyridine rings is 1. The third-order valence-electron chi connectivity index (χ3n) is 5.08. The van der Waals surface area contributed by atoms with Crippen molar-refractivity contribution in [3.8, 4) is 11.5 Å². The van der Waals surface area contributed by atoms with Crippen molar-refractivity contribution in [1.82, 2.24) is 4.98 Å². The molecule has 0 radical (unpaired) electrons. The molecule has 4 rings (SSSR count). The van der Waals surface area contributed by atoms with E-state index in [1.54, 1.807) is 54.7 Å². The van der Waals surface area contributed by atoms with E-state index in [2.05, 4.69) is 15.6 Å². The zero-order valence-electron chi connectivity index (χ0n) is 18.0. The first-order valence-electron chi connectivity index (χ1n) is 10.1. The molecule has 3 aromatic rings. The van der Waals surface area contributed by atoms with Crippen molar-refractivity contribution in [3.63, 3.8) is 0 Å². The molecular weight excluding hydrogens is 426 g/mol. The number of hydrogen-bond acceptors (Lipinski definition) is 7. The second-order valence-corrected chi connectivity index (χ2v) is 7.19. The van der Waals surface area contributed by atoms with Gasteiger partial charge in [0, 0.05) is 29.3 Å². The number of anilines is 2. The summed E-state index contributed by atoms with van der Waals surface area (Å²) in [7, 11) is 2.91. The molecule has 2 aromatic carbocycles. The third-order valence-corrected chi connectivity index (χ3v) is 5.08. The average molecular weight is 447 g/mol.